The van der Waals surface area contributed by atoms with E-state index in [0.29, 0.717) is 11.7 Å². The van der Waals surface area contributed by atoms with Gasteiger partial charge in [0, 0.05) is 17.8 Å². The van der Waals surface area contributed by atoms with Crippen molar-refractivity contribution < 1.29 is 27.6 Å². The SMILES string of the molecule is O=S(=O)(O)CC1CCC(CSOOO)C1. The summed E-state index contributed by atoms with van der Waals surface area (Å²) in [6, 6.07) is 0. The molecule has 15 heavy (non-hydrogen) atoms. The zero-order chi connectivity index (χ0) is 11.3. The largest absolute Gasteiger partial charge is 0.286 e. The van der Waals surface area contributed by atoms with E-state index in [0.717, 1.165) is 31.3 Å². The van der Waals surface area contributed by atoms with Crippen LogP contribution >= 0.6 is 12.0 Å². The summed E-state index contributed by atoms with van der Waals surface area (Å²) < 4.78 is 34.2. The van der Waals surface area contributed by atoms with Crippen molar-refractivity contribution >= 4 is 22.2 Å². The second kappa shape index (κ2) is 6.02. The van der Waals surface area contributed by atoms with E-state index in [9.17, 15) is 8.42 Å². The third-order valence-corrected chi connectivity index (χ3v) is 4.14. The van der Waals surface area contributed by atoms with Gasteiger partial charge in [0.1, 0.15) is 0 Å². The molecule has 2 atom stereocenters. The molecule has 0 aromatic carbocycles. The van der Waals surface area contributed by atoms with Crippen LogP contribution in [0.1, 0.15) is 19.3 Å². The smallest absolute Gasteiger partial charge is 0.265 e. The molecule has 0 radical (unpaired) electrons. The van der Waals surface area contributed by atoms with Gasteiger partial charge in [-0.3, -0.25) is 4.55 Å². The van der Waals surface area contributed by atoms with E-state index >= 15 is 0 Å². The van der Waals surface area contributed by atoms with Gasteiger partial charge in [-0.25, -0.2) is 5.26 Å². The predicted octanol–water partition coefficient (Wildman–Crippen LogP) is 1.36. The lowest BCUT2D eigenvalue weighted by Gasteiger charge is -2.08. The quantitative estimate of drug-likeness (QED) is 0.244. The highest BCUT2D eigenvalue weighted by Crippen LogP contribution is 2.33. The van der Waals surface area contributed by atoms with Crippen LogP contribution < -0.4 is 0 Å². The Morgan fingerprint density at radius 3 is 2.60 bits per heavy atom. The Morgan fingerprint density at radius 1 is 1.33 bits per heavy atom. The Kier molecular flexibility index (Phi) is 5.30. The van der Waals surface area contributed by atoms with Gasteiger partial charge in [0.05, 0.1) is 5.75 Å². The minimum atomic E-state index is -3.86. The van der Waals surface area contributed by atoms with Gasteiger partial charge in [0.15, 0.2) is 0 Å². The molecule has 0 bridgehead atoms. The molecular weight excluding hydrogens is 244 g/mol. The summed E-state index contributed by atoms with van der Waals surface area (Å²) in [4.78, 5) is 0. The molecule has 90 valence electrons. The molecule has 2 unspecified atom stereocenters. The summed E-state index contributed by atoms with van der Waals surface area (Å²) in [6.45, 7) is 0. The lowest BCUT2D eigenvalue weighted by molar-refractivity contribution is -0.432. The van der Waals surface area contributed by atoms with Gasteiger partial charge >= 0.3 is 0 Å². The molecular formula is C7H14O6S2. The molecule has 1 fully saturated rings. The molecule has 1 saturated carbocycles. The van der Waals surface area contributed by atoms with Crippen molar-refractivity contribution in [2.45, 2.75) is 19.3 Å². The molecule has 0 spiro atoms. The Labute approximate surface area is 92.8 Å². The van der Waals surface area contributed by atoms with Gasteiger partial charge < -0.3 is 0 Å². The Hall–Kier alpha value is 0.140. The third kappa shape index (κ3) is 5.69. The first-order chi connectivity index (χ1) is 7.01. The Bertz CT molecular complexity index is 277. The fraction of sp³-hybridized carbons (Fsp3) is 1.00. The fourth-order valence-electron chi connectivity index (χ4n) is 1.92. The van der Waals surface area contributed by atoms with Gasteiger partial charge in [-0.1, -0.05) is 5.04 Å². The van der Waals surface area contributed by atoms with E-state index in [1.165, 1.54) is 0 Å². The molecule has 1 aliphatic carbocycles. The van der Waals surface area contributed by atoms with E-state index in [1.807, 2.05) is 0 Å². The maximum Gasteiger partial charge on any atom is 0.265 e. The highest BCUT2D eigenvalue weighted by Gasteiger charge is 2.28. The first-order valence-corrected chi connectivity index (χ1v) is 7.08. The van der Waals surface area contributed by atoms with Gasteiger partial charge in [-0.2, -0.15) is 8.42 Å². The van der Waals surface area contributed by atoms with Crippen LogP contribution in [0.5, 0.6) is 0 Å². The van der Waals surface area contributed by atoms with E-state index < -0.39 is 10.1 Å². The Morgan fingerprint density at radius 2 is 2.00 bits per heavy atom. The van der Waals surface area contributed by atoms with Crippen LogP contribution in [-0.4, -0.2) is 29.7 Å². The van der Waals surface area contributed by atoms with Gasteiger partial charge in [0.25, 0.3) is 10.1 Å². The van der Waals surface area contributed by atoms with Crippen LogP contribution in [0.2, 0.25) is 0 Å². The van der Waals surface area contributed by atoms with Crippen LogP contribution in [0.4, 0.5) is 0 Å². The fourth-order valence-corrected chi connectivity index (χ4v) is 3.42. The minimum absolute atomic E-state index is 0.0284. The molecule has 2 N–H and O–H groups in total. The third-order valence-electron chi connectivity index (χ3n) is 2.48. The van der Waals surface area contributed by atoms with Crippen molar-refractivity contribution in [3.63, 3.8) is 0 Å². The first kappa shape index (κ1) is 13.2. The van der Waals surface area contributed by atoms with Crippen LogP contribution in [-0.2, 0) is 19.5 Å². The molecule has 0 aromatic heterocycles. The molecule has 0 heterocycles. The predicted molar refractivity (Wildman–Crippen MR) is 54.5 cm³/mol. The monoisotopic (exact) mass is 258 g/mol. The standard InChI is InChI=1S/C7H14O6S2/c8-12-13-14-4-6-1-2-7(3-6)5-15(9,10)11/h6-8H,1-5H2,(H,9,10,11). The molecule has 0 saturated heterocycles. The number of hydrogen-bond donors (Lipinski definition) is 2. The lowest BCUT2D eigenvalue weighted by Crippen LogP contribution is -2.13. The van der Waals surface area contributed by atoms with Crippen molar-refractivity contribution in [3.8, 4) is 0 Å². The first-order valence-electron chi connectivity index (χ1n) is 4.56. The Balaban J connectivity index is 2.21. The summed E-state index contributed by atoms with van der Waals surface area (Å²) >= 11 is 0.986. The van der Waals surface area contributed by atoms with E-state index in [2.05, 4.69) is 9.37 Å². The van der Waals surface area contributed by atoms with Crippen molar-refractivity contribution in [1.29, 1.82) is 0 Å². The van der Waals surface area contributed by atoms with E-state index in [4.69, 9.17) is 9.81 Å². The molecule has 6 nitrogen and oxygen atoms in total. The average Bonchev–Trinajstić information content (AvgIpc) is 2.50. The van der Waals surface area contributed by atoms with Crippen molar-refractivity contribution in [2.24, 2.45) is 11.8 Å². The topological polar surface area (TPSA) is 93.1 Å². The van der Waals surface area contributed by atoms with E-state index in [-0.39, 0.29) is 11.7 Å². The normalized spacial score (nSPS) is 27.1. The van der Waals surface area contributed by atoms with Crippen LogP contribution in [0.25, 0.3) is 0 Å². The van der Waals surface area contributed by atoms with Crippen molar-refractivity contribution in [3.05, 3.63) is 0 Å². The molecule has 0 aromatic rings. The zero-order valence-electron chi connectivity index (χ0n) is 8.03. The highest BCUT2D eigenvalue weighted by atomic mass is 32.2. The van der Waals surface area contributed by atoms with Crippen molar-refractivity contribution in [2.75, 3.05) is 11.5 Å². The molecule has 0 amide bonds. The average molecular weight is 258 g/mol. The molecule has 0 aliphatic heterocycles. The molecule has 8 heteroatoms. The molecule has 1 rings (SSSR count). The second-order valence-corrected chi connectivity index (χ2v) is 5.92. The van der Waals surface area contributed by atoms with Gasteiger partial charge in [-0.15, -0.1) is 4.33 Å². The summed E-state index contributed by atoms with van der Waals surface area (Å²) in [7, 11) is -3.86. The number of hydrogen-bond acceptors (Lipinski definition) is 6. The maximum atomic E-state index is 10.6. The summed E-state index contributed by atoms with van der Waals surface area (Å²) in [5.41, 5.74) is 0. The number of rotatable bonds is 6. The van der Waals surface area contributed by atoms with Gasteiger partial charge in [-0.05, 0) is 31.1 Å². The lowest BCUT2D eigenvalue weighted by atomic mass is 10.1. The van der Waals surface area contributed by atoms with Crippen LogP contribution in [0.15, 0.2) is 0 Å². The summed E-state index contributed by atoms with van der Waals surface area (Å²) in [5, 5.41) is 11.3. The van der Waals surface area contributed by atoms with Crippen LogP contribution in [0.3, 0.4) is 0 Å². The van der Waals surface area contributed by atoms with Crippen molar-refractivity contribution in [1.82, 2.24) is 0 Å². The van der Waals surface area contributed by atoms with E-state index in [1.54, 1.807) is 0 Å². The summed E-state index contributed by atoms with van der Waals surface area (Å²) in [5.74, 6) is 0.853. The van der Waals surface area contributed by atoms with Crippen LogP contribution in [0, 0.1) is 11.8 Å². The second-order valence-electron chi connectivity index (χ2n) is 3.72. The molecule has 1 aliphatic rings. The zero-order valence-corrected chi connectivity index (χ0v) is 9.67. The minimum Gasteiger partial charge on any atom is -0.286 e. The maximum absolute atomic E-state index is 10.6. The van der Waals surface area contributed by atoms with Gasteiger partial charge in [0.2, 0.25) is 0 Å². The summed E-state index contributed by atoms with van der Waals surface area (Å²) in [6.07, 6.45) is 2.45. The highest BCUT2D eigenvalue weighted by molar-refractivity contribution is 7.94.